The minimum atomic E-state index is -0.342. The van der Waals surface area contributed by atoms with E-state index in [0.29, 0.717) is 12.1 Å². The summed E-state index contributed by atoms with van der Waals surface area (Å²) in [5.74, 6) is -0.342. The maximum atomic E-state index is 12.1. The molecule has 0 saturated heterocycles. The minimum Gasteiger partial charge on any atom is -0.460 e. The molecule has 0 spiro atoms. The SMILES string of the molecule is CN(C)c1cccc(C(=O)OCCn2nc3ccccc3n2)c1. The first-order valence-corrected chi connectivity index (χ1v) is 7.38. The van der Waals surface area contributed by atoms with Crippen LogP contribution in [-0.2, 0) is 11.3 Å². The Bertz CT molecular complexity index is 793. The van der Waals surface area contributed by atoms with Crippen LogP contribution in [0.1, 0.15) is 10.4 Å². The van der Waals surface area contributed by atoms with Crippen molar-refractivity contribution in [3.63, 3.8) is 0 Å². The van der Waals surface area contributed by atoms with Crippen molar-refractivity contribution in [1.29, 1.82) is 0 Å². The molecule has 23 heavy (non-hydrogen) atoms. The second-order valence-electron chi connectivity index (χ2n) is 5.37. The number of hydrogen-bond donors (Lipinski definition) is 0. The van der Waals surface area contributed by atoms with Crippen LogP contribution in [-0.4, -0.2) is 41.7 Å². The standard InChI is InChI=1S/C17H18N4O2/c1-20(2)14-7-5-6-13(12-14)17(22)23-11-10-21-18-15-8-3-4-9-16(15)19-21/h3-9,12H,10-11H2,1-2H3. The Morgan fingerprint density at radius 2 is 1.78 bits per heavy atom. The Morgan fingerprint density at radius 1 is 1.09 bits per heavy atom. The number of carbonyl (C=O) groups is 1. The largest absolute Gasteiger partial charge is 0.460 e. The Hall–Kier alpha value is -2.89. The van der Waals surface area contributed by atoms with Crippen LogP contribution in [0.5, 0.6) is 0 Å². The van der Waals surface area contributed by atoms with E-state index in [-0.39, 0.29) is 12.6 Å². The van der Waals surface area contributed by atoms with Crippen molar-refractivity contribution < 1.29 is 9.53 Å². The molecule has 0 bridgehead atoms. The number of rotatable bonds is 5. The number of esters is 1. The zero-order valence-electron chi connectivity index (χ0n) is 13.1. The van der Waals surface area contributed by atoms with E-state index in [1.165, 1.54) is 0 Å². The summed E-state index contributed by atoms with van der Waals surface area (Å²) < 4.78 is 5.30. The van der Waals surface area contributed by atoms with E-state index in [1.807, 2.05) is 61.5 Å². The summed E-state index contributed by atoms with van der Waals surface area (Å²) in [4.78, 5) is 15.6. The van der Waals surface area contributed by atoms with Gasteiger partial charge >= 0.3 is 5.97 Å². The number of ether oxygens (including phenoxy) is 1. The van der Waals surface area contributed by atoms with E-state index in [0.717, 1.165) is 16.7 Å². The summed E-state index contributed by atoms with van der Waals surface area (Å²) in [7, 11) is 3.86. The molecule has 0 N–H and O–H groups in total. The van der Waals surface area contributed by atoms with Crippen molar-refractivity contribution in [2.75, 3.05) is 25.6 Å². The molecule has 118 valence electrons. The first-order valence-electron chi connectivity index (χ1n) is 7.38. The molecule has 0 amide bonds. The lowest BCUT2D eigenvalue weighted by Crippen LogP contribution is -2.14. The normalized spacial score (nSPS) is 10.7. The monoisotopic (exact) mass is 310 g/mol. The van der Waals surface area contributed by atoms with Gasteiger partial charge in [0, 0.05) is 19.8 Å². The van der Waals surface area contributed by atoms with Crippen LogP contribution in [0, 0.1) is 0 Å². The molecule has 2 aromatic carbocycles. The van der Waals surface area contributed by atoms with Gasteiger partial charge in [0.15, 0.2) is 0 Å². The predicted octanol–water partition coefficient (Wildman–Crippen LogP) is 2.35. The van der Waals surface area contributed by atoms with Gasteiger partial charge in [-0.1, -0.05) is 18.2 Å². The van der Waals surface area contributed by atoms with E-state index in [2.05, 4.69) is 10.2 Å². The fraction of sp³-hybridized carbons (Fsp3) is 0.235. The fourth-order valence-corrected chi connectivity index (χ4v) is 2.22. The lowest BCUT2D eigenvalue weighted by Gasteiger charge is -2.13. The molecule has 0 saturated carbocycles. The third kappa shape index (κ3) is 3.48. The third-order valence-corrected chi connectivity index (χ3v) is 3.45. The molecule has 1 aromatic heterocycles. The maximum absolute atomic E-state index is 12.1. The highest BCUT2D eigenvalue weighted by Gasteiger charge is 2.09. The fourth-order valence-electron chi connectivity index (χ4n) is 2.22. The summed E-state index contributed by atoms with van der Waals surface area (Å²) in [6.07, 6.45) is 0. The summed E-state index contributed by atoms with van der Waals surface area (Å²) in [6, 6.07) is 15.0. The highest BCUT2D eigenvalue weighted by Crippen LogP contribution is 2.14. The lowest BCUT2D eigenvalue weighted by atomic mass is 10.2. The number of anilines is 1. The van der Waals surface area contributed by atoms with Gasteiger partial charge in [-0.2, -0.15) is 15.0 Å². The summed E-state index contributed by atoms with van der Waals surface area (Å²) in [5, 5.41) is 8.65. The van der Waals surface area contributed by atoms with Crippen molar-refractivity contribution in [2.24, 2.45) is 0 Å². The van der Waals surface area contributed by atoms with Crippen LogP contribution in [0.15, 0.2) is 48.5 Å². The molecule has 3 rings (SSSR count). The van der Waals surface area contributed by atoms with Crippen LogP contribution in [0.25, 0.3) is 11.0 Å². The quantitative estimate of drug-likeness (QED) is 0.677. The van der Waals surface area contributed by atoms with Gasteiger partial charge in [0.05, 0.1) is 12.1 Å². The Labute approximate surface area is 134 Å². The zero-order valence-corrected chi connectivity index (χ0v) is 13.1. The Balaban J connectivity index is 1.59. The smallest absolute Gasteiger partial charge is 0.338 e. The van der Waals surface area contributed by atoms with Gasteiger partial charge in [0.25, 0.3) is 0 Å². The molecule has 0 aliphatic rings. The number of nitrogens with zero attached hydrogens (tertiary/aromatic N) is 4. The van der Waals surface area contributed by atoms with Gasteiger partial charge in [0.2, 0.25) is 0 Å². The van der Waals surface area contributed by atoms with Gasteiger partial charge in [-0.05, 0) is 30.3 Å². The molecule has 6 nitrogen and oxygen atoms in total. The number of carbonyl (C=O) groups excluding carboxylic acids is 1. The van der Waals surface area contributed by atoms with E-state index >= 15 is 0 Å². The number of fused-ring (bicyclic) bond motifs is 1. The summed E-state index contributed by atoms with van der Waals surface area (Å²) in [5.41, 5.74) is 3.16. The van der Waals surface area contributed by atoms with Crippen molar-refractivity contribution in [2.45, 2.75) is 6.54 Å². The van der Waals surface area contributed by atoms with E-state index in [1.54, 1.807) is 10.9 Å². The molecule has 0 aliphatic heterocycles. The first-order chi connectivity index (χ1) is 11.1. The number of benzene rings is 2. The van der Waals surface area contributed by atoms with Crippen LogP contribution >= 0.6 is 0 Å². The molecule has 0 aliphatic carbocycles. The Kier molecular flexibility index (Phi) is 4.23. The third-order valence-electron chi connectivity index (χ3n) is 3.45. The first kappa shape index (κ1) is 15.0. The topological polar surface area (TPSA) is 60.2 Å². The molecule has 0 atom stereocenters. The van der Waals surface area contributed by atoms with E-state index in [9.17, 15) is 4.79 Å². The second kappa shape index (κ2) is 6.48. The van der Waals surface area contributed by atoms with Crippen LogP contribution in [0.3, 0.4) is 0 Å². The minimum absolute atomic E-state index is 0.228. The molecule has 0 unspecified atom stereocenters. The molecular formula is C17H18N4O2. The zero-order chi connectivity index (χ0) is 16.2. The highest BCUT2D eigenvalue weighted by atomic mass is 16.5. The van der Waals surface area contributed by atoms with Crippen molar-refractivity contribution >= 4 is 22.7 Å². The molecule has 0 fully saturated rings. The maximum Gasteiger partial charge on any atom is 0.338 e. The average molecular weight is 310 g/mol. The van der Waals surface area contributed by atoms with E-state index < -0.39 is 0 Å². The summed E-state index contributed by atoms with van der Waals surface area (Å²) in [6.45, 7) is 0.653. The van der Waals surface area contributed by atoms with Crippen LogP contribution in [0.4, 0.5) is 5.69 Å². The molecule has 3 aromatic rings. The van der Waals surface area contributed by atoms with Crippen molar-refractivity contribution in [3.05, 3.63) is 54.1 Å². The van der Waals surface area contributed by atoms with Gasteiger partial charge in [-0.25, -0.2) is 4.79 Å². The number of hydrogen-bond acceptors (Lipinski definition) is 5. The summed E-state index contributed by atoms with van der Waals surface area (Å²) >= 11 is 0. The molecular weight excluding hydrogens is 292 g/mol. The van der Waals surface area contributed by atoms with Gasteiger partial charge in [-0.3, -0.25) is 0 Å². The van der Waals surface area contributed by atoms with Gasteiger partial charge in [-0.15, -0.1) is 0 Å². The van der Waals surface area contributed by atoms with E-state index in [4.69, 9.17) is 4.74 Å². The predicted molar refractivity (Wildman–Crippen MR) is 88.6 cm³/mol. The second-order valence-corrected chi connectivity index (χ2v) is 5.37. The molecule has 0 radical (unpaired) electrons. The molecule has 1 heterocycles. The van der Waals surface area contributed by atoms with Gasteiger partial charge in [0.1, 0.15) is 17.6 Å². The van der Waals surface area contributed by atoms with Gasteiger partial charge < -0.3 is 9.64 Å². The van der Waals surface area contributed by atoms with Crippen LogP contribution < -0.4 is 4.90 Å². The molecule has 6 heteroatoms. The van der Waals surface area contributed by atoms with Crippen LogP contribution in [0.2, 0.25) is 0 Å². The number of aromatic nitrogens is 3. The highest BCUT2D eigenvalue weighted by molar-refractivity contribution is 5.90. The van der Waals surface area contributed by atoms with Crippen molar-refractivity contribution in [3.8, 4) is 0 Å². The average Bonchev–Trinajstić information content (AvgIpc) is 2.97. The van der Waals surface area contributed by atoms with Crippen molar-refractivity contribution in [1.82, 2.24) is 15.0 Å². The Morgan fingerprint density at radius 3 is 2.43 bits per heavy atom. The lowest BCUT2D eigenvalue weighted by molar-refractivity contribution is 0.0483.